The lowest BCUT2D eigenvalue weighted by atomic mass is 10.1. The molecule has 0 amide bonds. The Balaban J connectivity index is 0.000000312. The lowest BCUT2D eigenvalue weighted by Crippen LogP contribution is -1.93. The van der Waals surface area contributed by atoms with Gasteiger partial charge in [0.25, 0.3) is 0 Å². The number of aryl methyl sites for hydroxylation is 3. The minimum Gasteiger partial charge on any atom is -0.365 e. The zero-order valence-corrected chi connectivity index (χ0v) is 35.1. The predicted octanol–water partition coefficient (Wildman–Crippen LogP) is 10.3. The Kier molecular flexibility index (Phi) is 21.6. The molecule has 12 heteroatoms. The molecule has 0 atom stereocenters. The summed E-state index contributed by atoms with van der Waals surface area (Å²) in [5, 5.41) is 19.5. The normalized spacial score (nSPS) is 10.5. The highest BCUT2D eigenvalue weighted by atomic mass is 32.1. The third-order valence-electron chi connectivity index (χ3n) is 7.14. The first-order valence-corrected chi connectivity index (χ1v) is 18.9. The Bertz CT molecular complexity index is 1540. The van der Waals surface area contributed by atoms with Crippen LogP contribution in [0.1, 0.15) is 152 Å². The summed E-state index contributed by atoms with van der Waals surface area (Å²) >= 11 is 1.72. The third kappa shape index (κ3) is 19.2. The van der Waals surface area contributed by atoms with Crippen LogP contribution in [0.4, 0.5) is 0 Å². The summed E-state index contributed by atoms with van der Waals surface area (Å²) in [5.41, 5.74) is 4.65. The molecule has 0 unspecified atom stereocenters. The van der Waals surface area contributed by atoms with Gasteiger partial charge in [0.15, 0.2) is 0 Å². The Morgan fingerprint density at radius 2 is 1.12 bits per heavy atom. The van der Waals surface area contributed by atoms with Crippen LogP contribution in [0.5, 0.6) is 0 Å². The quantitative estimate of drug-likeness (QED) is 0.166. The lowest BCUT2D eigenvalue weighted by molar-refractivity contribution is 0.408. The number of rotatable bonds is 6. The SMILES string of the molecule is CC(C)c1ccn(C)n1.CC(C)c1ccn(C)n1.CC(C)c1ccon1.CC(C)c1cnn(C)c1.CC(C)c1ncccn1.CC(C)c1nccs1. The average Bonchev–Trinajstić information content (AvgIpc) is 3.94. The highest BCUT2D eigenvalue weighted by Crippen LogP contribution is 2.15. The van der Waals surface area contributed by atoms with Gasteiger partial charge in [0, 0.05) is 81.6 Å². The Morgan fingerprint density at radius 3 is 1.33 bits per heavy atom. The van der Waals surface area contributed by atoms with Crippen LogP contribution in [0.25, 0.3) is 0 Å². The molecule has 6 aromatic rings. The van der Waals surface area contributed by atoms with Crippen molar-refractivity contribution >= 4 is 11.3 Å². The monoisotopic (exact) mass is 732 g/mol. The molecule has 52 heavy (non-hydrogen) atoms. The predicted molar refractivity (Wildman–Crippen MR) is 215 cm³/mol. The third-order valence-corrected chi connectivity index (χ3v) is 8.22. The van der Waals surface area contributed by atoms with E-state index >= 15 is 0 Å². The standard InChI is InChI=1S/3C7H12N2.C7H10N2.C6H9NO.C6H9NS/c1-6(2)7-4-8-9(3)5-7;2*1-6(2)7-4-5-9(3)8-7;1-6(2)7-8-4-3-5-9-7;1-5(2)6-3-4-8-7-6;1-5(2)6-7-3-4-8-6/h3*4-6H,1-3H3;3-6H,1-2H3;2*3-5H,1-2H3. The fourth-order valence-corrected chi connectivity index (χ4v) is 4.52. The van der Waals surface area contributed by atoms with E-state index in [0.29, 0.717) is 35.5 Å². The van der Waals surface area contributed by atoms with E-state index in [0.717, 1.165) is 22.9 Å². The van der Waals surface area contributed by atoms with Crippen molar-refractivity contribution < 1.29 is 4.52 Å². The first kappa shape index (κ1) is 45.6. The summed E-state index contributed by atoms with van der Waals surface area (Å²) in [6, 6.07) is 7.80. The van der Waals surface area contributed by atoms with E-state index in [1.807, 2.05) is 95.8 Å². The van der Waals surface area contributed by atoms with Crippen LogP contribution in [0.15, 0.2) is 83.8 Å². The molecule has 6 heterocycles. The van der Waals surface area contributed by atoms with Crippen LogP contribution < -0.4 is 0 Å². The zero-order chi connectivity index (χ0) is 39.2. The first-order chi connectivity index (χ1) is 24.5. The molecular weight excluding hydrogens is 669 g/mol. The first-order valence-electron chi connectivity index (χ1n) is 18.1. The van der Waals surface area contributed by atoms with E-state index in [-0.39, 0.29) is 0 Å². The number of thiazole rings is 1. The van der Waals surface area contributed by atoms with E-state index in [1.165, 1.54) is 10.6 Å². The Hall–Kier alpha value is -4.45. The molecule has 0 fully saturated rings. The van der Waals surface area contributed by atoms with Crippen molar-refractivity contribution in [2.75, 3.05) is 0 Å². The Labute approximate surface area is 316 Å². The van der Waals surface area contributed by atoms with E-state index in [9.17, 15) is 0 Å². The second kappa shape index (κ2) is 24.7. The van der Waals surface area contributed by atoms with Gasteiger partial charge in [-0.2, -0.15) is 15.3 Å². The van der Waals surface area contributed by atoms with Gasteiger partial charge in [0.2, 0.25) is 0 Å². The summed E-state index contributed by atoms with van der Waals surface area (Å²) < 4.78 is 10.1. The van der Waals surface area contributed by atoms with Crippen LogP contribution in [-0.2, 0) is 21.1 Å². The van der Waals surface area contributed by atoms with Crippen LogP contribution in [-0.4, -0.2) is 49.5 Å². The lowest BCUT2D eigenvalue weighted by Gasteiger charge is -1.98. The van der Waals surface area contributed by atoms with Crippen molar-refractivity contribution in [1.82, 2.24) is 49.5 Å². The summed E-state index contributed by atoms with van der Waals surface area (Å²) in [6.07, 6.45) is 14.9. The van der Waals surface area contributed by atoms with Gasteiger partial charge in [-0.05, 0) is 47.4 Å². The molecule has 0 aliphatic carbocycles. The molecule has 0 saturated heterocycles. The molecule has 0 aliphatic rings. The van der Waals surface area contributed by atoms with E-state index < -0.39 is 0 Å². The number of nitrogens with zero attached hydrogens (tertiary/aromatic N) is 10. The molecule has 6 aromatic heterocycles. The number of hydrogen-bond donors (Lipinski definition) is 0. The maximum Gasteiger partial charge on any atom is 0.130 e. The molecule has 0 N–H and O–H groups in total. The summed E-state index contributed by atoms with van der Waals surface area (Å²) in [4.78, 5) is 12.3. The molecule has 286 valence electrons. The fraction of sp³-hybridized carbons (Fsp3) is 0.525. The molecule has 6 rings (SSSR count). The highest BCUT2D eigenvalue weighted by molar-refractivity contribution is 7.09. The molecular formula is C40H64N10OS. The van der Waals surface area contributed by atoms with Crippen molar-refractivity contribution in [2.45, 2.75) is 119 Å². The van der Waals surface area contributed by atoms with Crippen molar-refractivity contribution in [1.29, 1.82) is 0 Å². The second-order valence-corrected chi connectivity index (χ2v) is 15.0. The van der Waals surface area contributed by atoms with E-state index in [2.05, 4.69) is 123 Å². The van der Waals surface area contributed by atoms with Gasteiger partial charge in [-0.3, -0.25) is 14.0 Å². The van der Waals surface area contributed by atoms with Gasteiger partial charge in [0.1, 0.15) is 12.1 Å². The minimum absolute atomic E-state index is 0.436. The molecule has 0 aromatic carbocycles. The van der Waals surface area contributed by atoms with Gasteiger partial charge >= 0.3 is 0 Å². The van der Waals surface area contributed by atoms with Crippen molar-refractivity contribution in [2.24, 2.45) is 21.1 Å². The molecule has 0 radical (unpaired) electrons. The van der Waals surface area contributed by atoms with Gasteiger partial charge in [-0.15, -0.1) is 11.3 Å². The molecule has 0 aliphatic heterocycles. The average molecular weight is 733 g/mol. The van der Waals surface area contributed by atoms with Crippen LogP contribution in [0.2, 0.25) is 0 Å². The maximum absolute atomic E-state index is 4.63. The minimum atomic E-state index is 0.436. The second-order valence-electron chi connectivity index (χ2n) is 14.1. The molecule has 11 nitrogen and oxygen atoms in total. The van der Waals surface area contributed by atoms with Gasteiger partial charge in [-0.1, -0.05) is 88.2 Å². The van der Waals surface area contributed by atoms with Crippen molar-refractivity contribution in [3.05, 3.63) is 113 Å². The summed E-state index contributed by atoms with van der Waals surface area (Å²) in [5.74, 6) is 4.11. The molecule has 0 spiro atoms. The van der Waals surface area contributed by atoms with E-state index in [4.69, 9.17) is 0 Å². The number of hydrogen-bond acceptors (Lipinski definition) is 9. The van der Waals surface area contributed by atoms with Crippen molar-refractivity contribution in [3.63, 3.8) is 0 Å². The van der Waals surface area contributed by atoms with Crippen LogP contribution >= 0.6 is 11.3 Å². The topological polar surface area (TPSA) is 118 Å². The summed E-state index contributed by atoms with van der Waals surface area (Å²) in [7, 11) is 5.81. The fourth-order valence-electron chi connectivity index (χ4n) is 3.87. The summed E-state index contributed by atoms with van der Waals surface area (Å²) in [6.45, 7) is 25.5. The van der Waals surface area contributed by atoms with Crippen LogP contribution in [0.3, 0.4) is 0 Å². The van der Waals surface area contributed by atoms with Gasteiger partial charge in [0.05, 0.1) is 28.3 Å². The van der Waals surface area contributed by atoms with Crippen LogP contribution in [0, 0.1) is 0 Å². The Morgan fingerprint density at radius 1 is 0.577 bits per heavy atom. The zero-order valence-electron chi connectivity index (χ0n) is 34.3. The smallest absolute Gasteiger partial charge is 0.130 e. The number of aromatic nitrogens is 10. The largest absolute Gasteiger partial charge is 0.365 e. The molecule has 0 saturated carbocycles. The van der Waals surface area contributed by atoms with Crippen molar-refractivity contribution in [3.8, 4) is 0 Å². The highest BCUT2D eigenvalue weighted by Gasteiger charge is 2.02. The van der Waals surface area contributed by atoms with E-state index in [1.54, 1.807) is 30.0 Å². The molecule has 0 bridgehead atoms. The van der Waals surface area contributed by atoms with Gasteiger partial charge < -0.3 is 4.52 Å². The van der Waals surface area contributed by atoms with Gasteiger partial charge in [-0.25, -0.2) is 15.0 Å². The maximum atomic E-state index is 4.63.